The smallest absolute Gasteiger partial charge is 0.409 e. The monoisotopic (exact) mass is 271 g/mol. The number of urea groups is 1. The van der Waals surface area contributed by atoms with E-state index in [2.05, 4.69) is 17.6 Å². The van der Waals surface area contributed by atoms with E-state index in [1.165, 1.54) is 0 Å². The molecule has 19 heavy (non-hydrogen) atoms. The first-order valence-corrected chi connectivity index (χ1v) is 7.13. The Hall–Kier alpha value is -1.46. The van der Waals surface area contributed by atoms with Crippen LogP contribution < -0.4 is 10.6 Å². The van der Waals surface area contributed by atoms with Crippen molar-refractivity contribution in [2.45, 2.75) is 45.6 Å². The molecule has 1 heterocycles. The lowest BCUT2D eigenvalue weighted by Crippen LogP contribution is -2.49. The molecule has 0 spiro atoms. The summed E-state index contributed by atoms with van der Waals surface area (Å²) in [5.41, 5.74) is 0. The summed E-state index contributed by atoms with van der Waals surface area (Å²) in [5.74, 6) is 0. The van der Waals surface area contributed by atoms with Gasteiger partial charge in [0, 0.05) is 25.7 Å². The number of nitrogens with zero attached hydrogens (tertiary/aromatic N) is 1. The molecule has 1 saturated heterocycles. The number of amides is 3. The average Bonchev–Trinajstić information content (AvgIpc) is 2.40. The maximum atomic E-state index is 11.6. The number of nitrogens with one attached hydrogen (secondary N) is 2. The van der Waals surface area contributed by atoms with E-state index in [0.717, 1.165) is 25.7 Å². The predicted octanol–water partition coefficient (Wildman–Crippen LogP) is 1.71. The van der Waals surface area contributed by atoms with Crippen LogP contribution in [0.4, 0.5) is 9.59 Å². The van der Waals surface area contributed by atoms with E-state index in [1.54, 1.807) is 11.8 Å². The van der Waals surface area contributed by atoms with E-state index in [0.29, 0.717) is 26.2 Å². The molecule has 0 aromatic rings. The van der Waals surface area contributed by atoms with Crippen molar-refractivity contribution in [1.82, 2.24) is 15.5 Å². The molecule has 1 aliphatic rings. The van der Waals surface area contributed by atoms with Gasteiger partial charge in [-0.1, -0.05) is 13.3 Å². The number of unbranched alkanes of at least 4 members (excludes halogenated alkanes) is 1. The molecule has 3 amide bonds. The lowest BCUT2D eigenvalue weighted by atomic mass is 10.1. The second kappa shape index (κ2) is 8.61. The molecule has 0 saturated carbocycles. The maximum absolute atomic E-state index is 11.6. The number of piperidine rings is 1. The van der Waals surface area contributed by atoms with Crippen molar-refractivity contribution >= 4 is 12.1 Å². The minimum atomic E-state index is -0.256. The minimum absolute atomic E-state index is 0.108. The van der Waals surface area contributed by atoms with Crippen LogP contribution in [-0.2, 0) is 4.74 Å². The first kappa shape index (κ1) is 15.6. The van der Waals surface area contributed by atoms with Crippen LogP contribution in [0.5, 0.6) is 0 Å². The molecule has 6 heteroatoms. The molecule has 1 fully saturated rings. The lowest BCUT2D eigenvalue weighted by Gasteiger charge is -2.31. The van der Waals surface area contributed by atoms with Crippen molar-refractivity contribution in [3.05, 3.63) is 0 Å². The standard InChI is InChI=1S/C13H25N3O3/c1-3-5-8-14-12(17)15-11-6-9-16(10-7-11)13(18)19-4-2/h11H,3-10H2,1-2H3,(H2,14,15,17). The van der Waals surface area contributed by atoms with E-state index in [9.17, 15) is 9.59 Å². The Bertz CT molecular complexity index is 289. The Labute approximate surface area is 114 Å². The summed E-state index contributed by atoms with van der Waals surface area (Å²) in [5, 5.41) is 5.77. The van der Waals surface area contributed by atoms with Gasteiger partial charge in [0.15, 0.2) is 0 Å². The molecule has 0 atom stereocenters. The van der Waals surface area contributed by atoms with Crippen LogP contribution in [0.3, 0.4) is 0 Å². The summed E-state index contributed by atoms with van der Waals surface area (Å²) >= 11 is 0. The van der Waals surface area contributed by atoms with Crippen molar-refractivity contribution in [2.24, 2.45) is 0 Å². The average molecular weight is 271 g/mol. The highest BCUT2D eigenvalue weighted by molar-refractivity contribution is 5.74. The van der Waals surface area contributed by atoms with Gasteiger partial charge in [0.05, 0.1) is 6.61 Å². The van der Waals surface area contributed by atoms with Crippen LogP contribution in [0, 0.1) is 0 Å². The van der Waals surface area contributed by atoms with Gasteiger partial charge in [0.25, 0.3) is 0 Å². The molecule has 0 aliphatic carbocycles. The van der Waals surface area contributed by atoms with E-state index >= 15 is 0 Å². The van der Waals surface area contributed by atoms with Gasteiger partial charge in [-0.2, -0.15) is 0 Å². The SMILES string of the molecule is CCCCNC(=O)NC1CCN(C(=O)OCC)CC1. The van der Waals surface area contributed by atoms with Crippen LogP contribution >= 0.6 is 0 Å². The Kier molecular flexibility index (Phi) is 7.07. The number of carbonyl (C=O) groups excluding carboxylic acids is 2. The van der Waals surface area contributed by atoms with Gasteiger partial charge in [-0.25, -0.2) is 9.59 Å². The maximum Gasteiger partial charge on any atom is 0.409 e. The number of likely N-dealkylation sites (tertiary alicyclic amines) is 1. The molecule has 1 rings (SSSR count). The number of ether oxygens (including phenoxy) is 1. The van der Waals surface area contributed by atoms with Gasteiger partial charge in [-0.05, 0) is 26.2 Å². The van der Waals surface area contributed by atoms with Gasteiger partial charge >= 0.3 is 12.1 Å². The number of hydrogen-bond donors (Lipinski definition) is 2. The second-order valence-corrected chi connectivity index (χ2v) is 4.71. The molecule has 0 bridgehead atoms. The van der Waals surface area contributed by atoms with Gasteiger partial charge in [-0.3, -0.25) is 0 Å². The fourth-order valence-electron chi connectivity index (χ4n) is 2.04. The van der Waals surface area contributed by atoms with Crippen molar-refractivity contribution in [3.8, 4) is 0 Å². The number of carbonyl (C=O) groups is 2. The van der Waals surface area contributed by atoms with E-state index in [4.69, 9.17) is 4.74 Å². The third-order valence-corrected chi connectivity index (χ3v) is 3.17. The zero-order valence-corrected chi connectivity index (χ0v) is 11.9. The van der Waals surface area contributed by atoms with Crippen LogP contribution in [0.1, 0.15) is 39.5 Å². The van der Waals surface area contributed by atoms with Gasteiger partial charge in [0.1, 0.15) is 0 Å². The van der Waals surface area contributed by atoms with Crippen LogP contribution in [-0.4, -0.2) is 49.3 Å². The Morgan fingerprint density at radius 2 is 1.95 bits per heavy atom. The van der Waals surface area contributed by atoms with Crippen LogP contribution in [0.25, 0.3) is 0 Å². The zero-order valence-electron chi connectivity index (χ0n) is 11.9. The molecular formula is C13H25N3O3. The molecule has 0 aromatic carbocycles. The summed E-state index contributed by atoms with van der Waals surface area (Å²) in [7, 11) is 0. The largest absolute Gasteiger partial charge is 0.450 e. The number of rotatable bonds is 5. The van der Waals surface area contributed by atoms with Crippen LogP contribution in [0.15, 0.2) is 0 Å². The van der Waals surface area contributed by atoms with E-state index in [1.807, 2.05) is 0 Å². The summed E-state index contributed by atoms with van der Waals surface area (Å²) in [6, 6.07) is 0.0373. The molecule has 2 N–H and O–H groups in total. The summed E-state index contributed by atoms with van der Waals surface area (Å²) in [4.78, 5) is 24.8. The summed E-state index contributed by atoms with van der Waals surface area (Å²) in [6.45, 7) is 6.27. The topological polar surface area (TPSA) is 70.7 Å². The van der Waals surface area contributed by atoms with Crippen LogP contribution in [0.2, 0.25) is 0 Å². The first-order valence-electron chi connectivity index (χ1n) is 7.13. The van der Waals surface area contributed by atoms with Gasteiger partial charge in [-0.15, -0.1) is 0 Å². The van der Waals surface area contributed by atoms with Crippen molar-refractivity contribution < 1.29 is 14.3 Å². The van der Waals surface area contributed by atoms with Crippen molar-refractivity contribution in [1.29, 1.82) is 0 Å². The third kappa shape index (κ3) is 5.81. The molecule has 0 aromatic heterocycles. The molecule has 0 radical (unpaired) electrons. The Morgan fingerprint density at radius 3 is 2.53 bits per heavy atom. The first-order chi connectivity index (χ1) is 9.17. The highest BCUT2D eigenvalue weighted by atomic mass is 16.6. The number of hydrogen-bond acceptors (Lipinski definition) is 3. The molecule has 1 aliphatic heterocycles. The molecule has 6 nitrogen and oxygen atoms in total. The summed E-state index contributed by atoms with van der Waals surface area (Å²) in [6.07, 6.45) is 3.36. The predicted molar refractivity (Wildman–Crippen MR) is 73.1 cm³/mol. The fourth-order valence-corrected chi connectivity index (χ4v) is 2.04. The summed E-state index contributed by atoms with van der Waals surface area (Å²) < 4.78 is 4.95. The van der Waals surface area contributed by atoms with Gasteiger partial charge < -0.3 is 20.3 Å². The highest BCUT2D eigenvalue weighted by Gasteiger charge is 2.24. The zero-order chi connectivity index (χ0) is 14.1. The molecule has 110 valence electrons. The van der Waals surface area contributed by atoms with E-state index in [-0.39, 0.29) is 18.2 Å². The van der Waals surface area contributed by atoms with Crippen molar-refractivity contribution in [2.75, 3.05) is 26.2 Å². The Morgan fingerprint density at radius 1 is 1.26 bits per heavy atom. The van der Waals surface area contributed by atoms with E-state index < -0.39 is 0 Å². The van der Waals surface area contributed by atoms with Crippen molar-refractivity contribution in [3.63, 3.8) is 0 Å². The second-order valence-electron chi connectivity index (χ2n) is 4.71. The quantitative estimate of drug-likeness (QED) is 0.748. The minimum Gasteiger partial charge on any atom is -0.450 e. The molecular weight excluding hydrogens is 246 g/mol. The Balaban J connectivity index is 2.19. The third-order valence-electron chi connectivity index (χ3n) is 3.17. The van der Waals surface area contributed by atoms with Gasteiger partial charge in [0.2, 0.25) is 0 Å². The molecule has 0 unspecified atom stereocenters. The fraction of sp³-hybridized carbons (Fsp3) is 0.846. The highest BCUT2D eigenvalue weighted by Crippen LogP contribution is 2.11. The lowest BCUT2D eigenvalue weighted by molar-refractivity contribution is 0.0957. The normalized spacial score (nSPS) is 16.0.